The Balaban J connectivity index is 2.63. The third kappa shape index (κ3) is 4.70. The van der Waals surface area contributed by atoms with Gasteiger partial charge >= 0.3 is 19.0 Å². The van der Waals surface area contributed by atoms with Crippen LogP contribution in [0.25, 0.3) is 5.47 Å². The maximum Gasteiger partial charge on any atom is 0.495 e. The van der Waals surface area contributed by atoms with Crippen molar-refractivity contribution >= 4 is 31.8 Å². The van der Waals surface area contributed by atoms with E-state index in [0.29, 0.717) is 5.56 Å². The van der Waals surface area contributed by atoms with E-state index in [9.17, 15) is 4.79 Å². The highest BCUT2D eigenvalue weighted by molar-refractivity contribution is 6.88. The molecule has 0 saturated carbocycles. The standard InChI is InChI=1S/C22H33BF2O4Si/c1-10-27-19(26)22(24,25)15(2)18(23-28-20(3,4)21(5,6)29-23)16-11-13-17(14-12-16)30(7,8)9/h11-14H,10H2,1-9H3/b18-15+. The molecule has 1 fully saturated rings. The van der Waals surface area contributed by atoms with Crippen LogP contribution in [0.15, 0.2) is 29.8 Å². The first kappa shape index (κ1) is 24.8. The van der Waals surface area contributed by atoms with Gasteiger partial charge in [-0.25, -0.2) is 4.79 Å². The molecule has 8 heteroatoms. The minimum atomic E-state index is -3.80. The monoisotopic (exact) mass is 438 g/mol. The first-order valence-electron chi connectivity index (χ1n) is 10.3. The van der Waals surface area contributed by atoms with Crippen molar-refractivity contribution in [1.82, 2.24) is 0 Å². The average Bonchev–Trinajstić information content (AvgIpc) is 2.82. The van der Waals surface area contributed by atoms with Crippen molar-refractivity contribution in [2.75, 3.05) is 6.61 Å². The van der Waals surface area contributed by atoms with Gasteiger partial charge in [-0.05, 0) is 52.6 Å². The number of carbonyl (C=O) groups excluding carboxylic acids is 1. The minimum absolute atomic E-state index is 0.127. The molecule has 0 radical (unpaired) electrons. The fraction of sp³-hybridized carbons (Fsp3) is 0.591. The van der Waals surface area contributed by atoms with E-state index >= 15 is 8.78 Å². The third-order valence-electron chi connectivity index (χ3n) is 5.96. The smallest absolute Gasteiger partial charge is 0.461 e. The van der Waals surface area contributed by atoms with Gasteiger partial charge < -0.3 is 14.0 Å². The summed E-state index contributed by atoms with van der Waals surface area (Å²) in [6.45, 7) is 16.7. The van der Waals surface area contributed by atoms with Gasteiger partial charge in [-0.1, -0.05) is 49.1 Å². The molecule has 0 aliphatic carbocycles. The van der Waals surface area contributed by atoms with E-state index in [-0.39, 0.29) is 12.1 Å². The lowest BCUT2D eigenvalue weighted by Gasteiger charge is -2.32. The van der Waals surface area contributed by atoms with E-state index in [1.807, 2.05) is 39.8 Å². The molecule has 0 N–H and O–H groups in total. The van der Waals surface area contributed by atoms with E-state index in [2.05, 4.69) is 24.4 Å². The first-order valence-corrected chi connectivity index (χ1v) is 13.8. The van der Waals surface area contributed by atoms with E-state index in [0.717, 1.165) is 0 Å². The molecule has 0 atom stereocenters. The van der Waals surface area contributed by atoms with Crippen molar-refractivity contribution in [2.45, 2.75) is 78.3 Å². The van der Waals surface area contributed by atoms with Crippen LogP contribution in [0.5, 0.6) is 0 Å². The number of ether oxygens (including phenoxy) is 1. The van der Waals surface area contributed by atoms with Gasteiger partial charge in [0.1, 0.15) is 0 Å². The third-order valence-corrected chi connectivity index (χ3v) is 8.02. The molecule has 166 valence electrons. The van der Waals surface area contributed by atoms with Gasteiger partial charge in [0.15, 0.2) is 0 Å². The SMILES string of the molecule is CCOC(=O)C(F)(F)/C(C)=C(/B1OC(C)(C)C(C)(C)O1)c1ccc([Si](C)(C)C)cc1. The topological polar surface area (TPSA) is 44.8 Å². The van der Waals surface area contributed by atoms with Crippen LogP contribution >= 0.6 is 0 Å². The second-order valence-corrected chi connectivity index (χ2v) is 14.8. The van der Waals surface area contributed by atoms with Crippen LogP contribution in [-0.2, 0) is 18.8 Å². The van der Waals surface area contributed by atoms with Gasteiger partial charge in [-0.15, -0.1) is 0 Å². The zero-order valence-electron chi connectivity index (χ0n) is 19.5. The zero-order valence-corrected chi connectivity index (χ0v) is 20.5. The lowest BCUT2D eigenvalue weighted by molar-refractivity contribution is -0.165. The van der Waals surface area contributed by atoms with Gasteiger partial charge in [-0.3, -0.25) is 0 Å². The molecule has 0 bridgehead atoms. The normalized spacial score (nSPS) is 19.5. The summed E-state index contributed by atoms with van der Waals surface area (Å²) in [4.78, 5) is 12.0. The predicted octanol–water partition coefficient (Wildman–Crippen LogP) is 4.84. The summed E-state index contributed by atoms with van der Waals surface area (Å²) >= 11 is 0. The molecule has 30 heavy (non-hydrogen) atoms. The summed E-state index contributed by atoms with van der Waals surface area (Å²) in [6.07, 6.45) is 0. The van der Waals surface area contributed by atoms with Crippen molar-refractivity contribution in [1.29, 1.82) is 0 Å². The van der Waals surface area contributed by atoms with E-state index in [1.165, 1.54) is 19.0 Å². The van der Waals surface area contributed by atoms with Crippen molar-refractivity contribution in [2.24, 2.45) is 0 Å². The molecule has 1 aliphatic rings. The highest BCUT2D eigenvalue weighted by Gasteiger charge is 2.55. The number of halogens is 2. The molecule has 0 spiro atoms. The molecule has 1 heterocycles. The lowest BCUT2D eigenvalue weighted by atomic mass is 9.70. The Morgan fingerprint density at radius 2 is 1.53 bits per heavy atom. The molecule has 1 aromatic rings. The van der Waals surface area contributed by atoms with Gasteiger partial charge in [0.2, 0.25) is 0 Å². The molecule has 0 aromatic heterocycles. The number of esters is 1. The van der Waals surface area contributed by atoms with Crippen molar-refractivity contribution in [3.05, 3.63) is 35.4 Å². The van der Waals surface area contributed by atoms with Crippen LogP contribution < -0.4 is 5.19 Å². The Labute approximate surface area is 180 Å². The zero-order chi connectivity index (χ0) is 23.1. The molecule has 1 saturated heterocycles. The Hall–Kier alpha value is -1.51. The van der Waals surface area contributed by atoms with E-state index in [4.69, 9.17) is 9.31 Å². The van der Waals surface area contributed by atoms with Gasteiger partial charge in [-0.2, -0.15) is 8.78 Å². The maximum absolute atomic E-state index is 15.0. The second kappa shape index (κ2) is 8.21. The summed E-state index contributed by atoms with van der Waals surface area (Å²) in [5.41, 5.74) is -1.15. The van der Waals surface area contributed by atoms with Crippen LogP contribution in [0, 0.1) is 0 Å². The van der Waals surface area contributed by atoms with Crippen LogP contribution in [0.1, 0.15) is 47.1 Å². The number of benzene rings is 1. The van der Waals surface area contributed by atoms with E-state index in [1.54, 1.807) is 12.1 Å². The Kier molecular flexibility index (Phi) is 6.77. The Bertz CT molecular complexity index is 811. The van der Waals surface area contributed by atoms with E-state index < -0.39 is 43.9 Å². The van der Waals surface area contributed by atoms with Crippen molar-refractivity contribution < 1.29 is 27.6 Å². The van der Waals surface area contributed by atoms with Crippen LogP contribution in [-0.4, -0.2) is 44.9 Å². The molecular formula is C22H33BF2O4Si. The fourth-order valence-electron chi connectivity index (χ4n) is 3.18. The summed E-state index contributed by atoms with van der Waals surface area (Å²) < 4.78 is 46.8. The molecule has 0 unspecified atom stereocenters. The fourth-order valence-corrected chi connectivity index (χ4v) is 4.35. The Morgan fingerprint density at radius 1 is 1.07 bits per heavy atom. The largest absolute Gasteiger partial charge is 0.495 e. The predicted molar refractivity (Wildman–Crippen MR) is 120 cm³/mol. The molecule has 1 aliphatic heterocycles. The van der Waals surface area contributed by atoms with Crippen LogP contribution in [0.3, 0.4) is 0 Å². The average molecular weight is 438 g/mol. The summed E-state index contributed by atoms with van der Waals surface area (Å²) in [5.74, 6) is -5.37. The van der Waals surface area contributed by atoms with Gasteiger partial charge in [0.25, 0.3) is 0 Å². The molecule has 0 amide bonds. The first-order chi connectivity index (χ1) is 13.5. The van der Waals surface area contributed by atoms with Crippen LogP contribution in [0.2, 0.25) is 19.6 Å². The van der Waals surface area contributed by atoms with Crippen LogP contribution in [0.4, 0.5) is 8.78 Å². The summed E-state index contributed by atoms with van der Waals surface area (Å²) in [7, 11) is -2.60. The van der Waals surface area contributed by atoms with Gasteiger partial charge in [0.05, 0.1) is 25.9 Å². The van der Waals surface area contributed by atoms with Gasteiger partial charge in [0, 0.05) is 5.57 Å². The lowest BCUT2D eigenvalue weighted by Crippen LogP contribution is -2.41. The van der Waals surface area contributed by atoms with Crippen molar-refractivity contribution in [3.8, 4) is 0 Å². The quantitative estimate of drug-likeness (QED) is 0.471. The number of alkyl halides is 2. The number of carbonyl (C=O) groups is 1. The molecule has 4 nitrogen and oxygen atoms in total. The highest BCUT2D eigenvalue weighted by atomic mass is 28.3. The second-order valence-electron chi connectivity index (χ2n) is 9.75. The molecule has 1 aromatic carbocycles. The minimum Gasteiger partial charge on any atom is -0.461 e. The highest BCUT2D eigenvalue weighted by Crippen LogP contribution is 2.43. The molecule has 2 rings (SSSR count). The maximum atomic E-state index is 15.0. The number of hydrogen-bond donors (Lipinski definition) is 0. The molecular weight excluding hydrogens is 405 g/mol. The number of hydrogen-bond acceptors (Lipinski definition) is 4. The van der Waals surface area contributed by atoms with Crippen molar-refractivity contribution in [3.63, 3.8) is 0 Å². The number of rotatable bonds is 6. The summed E-state index contributed by atoms with van der Waals surface area (Å²) in [6, 6.07) is 7.53. The summed E-state index contributed by atoms with van der Waals surface area (Å²) in [5, 5.41) is 1.20. The Morgan fingerprint density at radius 3 is 1.93 bits per heavy atom.